The summed E-state index contributed by atoms with van der Waals surface area (Å²) in [4.78, 5) is 24.9. The minimum Gasteiger partial charge on any atom is -0.366 e. The van der Waals surface area contributed by atoms with Gasteiger partial charge in [-0.2, -0.15) is 0 Å². The molecular formula is C12H15N3O2. The highest BCUT2D eigenvalue weighted by atomic mass is 16.2. The SMILES string of the molecule is NC(=O)c1cccc(C(=O)N2CCNCC2)c1. The van der Waals surface area contributed by atoms with Crippen LogP contribution in [0.25, 0.3) is 0 Å². The first-order valence-electron chi connectivity index (χ1n) is 5.58. The van der Waals surface area contributed by atoms with Gasteiger partial charge in [0.05, 0.1) is 0 Å². The third-order valence-corrected chi connectivity index (χ3v) is 2.80. The fourth-order valence-electron chi connectivity index (χ4n) is 1.86. The second-order valence-electron chi connectivity index (χ2n) is 3.99. The van der Waals surface area contributed by atoms with Gasteiger partial charge in [0.25, 0.3) is 5.91 Å². The van der Waals surface area contributed by atoms with E-state index in [0.717, 1.165) is 13.1 Å². The van der Waals surface area contributed by atoms with Crippen molar-refractivity contribution in [2.45, 2.75) is 0 Å². The number of hydrogen-bond donors (Lipinski definition) is 2. The molecule has 1 saturated heterocycles. The van der Waals surface area contributed by atoms with Crippen LogP contribution in [0.15, 0.2) is 24.3 Å². The number of carbonyl (C=O) groups is 2. The first-order chi connectivity index (χ1) is 8.18. The molecule has 1 fully saturated rings. The number of primary amides is 1. The fourth-order valence-corrected chi connectivity index (χ4v) is 1.86. The van der Waals surface area contributed by atoms with Gasteiger partial charge < -0.3 is 16.0 Å². The van der Waals surface area contributed by atoms with Crippen LogP contribution in [-0.2, 0) is 0 Å². The van der Waals surface area contributed by atoms with Gasteiger partial charge in [0.15, 0.2) is 0 Å². The maximum atomic E-state index is 12.1. The lowest BCUT2D eigenvalue weighted by atomic mass is 10.1. The van der Waals surface area contributed by atoms with E-state index in [-0.39, 0.29) is 5.91 Å². The summed E-state index contributed by atoms with van der Waals surface area (Å²) >= 11 is 0. The van der Waals surface area contributed by atoms with Gasteiger partial charge in [-0.05, 0) is 18.2 Å². The van der Waals surface area contributed by atoms with E-state index in [0.29, 0.717) is 24.2 Å². The van der Waals surface area contributed by atoms with E-state index in [1.165, 1.54) is 0 Å². The number of piperazine rings is 1. The average Bonchev–Trinajstić information content (AvgIpc) is 2.39. The molecule has 3 N–H and O–H groups in total. The van der Waals surface area contributed by atoms with E-state index in [9.17, 15) is 9.59 Å². The molecule has 0 aromatic heterocycles. The molecule has 1 aliphatic heterocycles. The average molecular weight is 233 g/mol. The lowest BCUT2D eigenvalue weighted by Gasteiger charge is -2.27. The van der Waals surface area contributed by atoms with E-state index in [4.69, 9.17) is 5.73 Å². The number of nitrogens with zero attached hydrogens (tertiary/aromatic N) is 1. The summed E-state index contributed by atoms with van der Waals surface area (Å²) in [6.45, 7) is 3.00. The Kier molecular flexibility index (Phi) is 3.39. The number of nitrogens with one attached hydrogen (secondary N) is 1. The van der Waals surface area contributed by atoms with Crippen molar-refractivity contribution in [1.82, 2.24) is 10.2 Å². The molecule has 0 radical (unpaired) electrons. The van der Waals surface area contributed by atoms with Gasteiger partial charge in [-0.25, -0.2) is 0 Å². The molecule has 17 heavy (non-hydrogen) atoms. The minimum absolute atomic E-state index is 0.0467. The summed E-state index contributed by atoms with van der Waals surface area (Å²) in [7, 11) is 0. The number of amides is 2. The smallest absolute Gasteiger partial charge is 0.253 e. The van der Waals surface area contributed by atoms with Gasteiger partial charge in [-0.15, -0.1) is 0 Å². The molecule has 0 unspecified atom stereocenters. The predicted molar refractivity (Wildman–Crippen MR) is 63.7 cm³/mol. The minimum atomic E-state index is -0.514. The summed E-state index contributed by atoms with van der Waals surface area (Å²) in [6, 6.07) is 6.54. The third kappa shape index (κ3) is 2.62. The van der Waals surface area contributed by atoms with Crippen molar-refractivity contribution >= 4 is 11.8 Å². The molecule has 1 aliphatic rings. The van der Waals surface area contributed by atoms with Gasteiger partial charge in [-0.1, -0.05) is 6.07 Å². The van der Waals surface area contributed by atoms with Crippen LogP contribution in [0.2, 0.25) is 0 Å². The van der Waals surface area contributed by atoms with E-state index in [1.807, 2.05) is 0 Å². The highest BCUT2D eigenvalue weighted by molar-refractivity contribution is 5.99. The highest BCUT2D eigenvalue weighted by Crippen LogP contribution is 2.09. The van der Waals surface area contributed by atoms with Gasteiger partial charge in [0.1, 0.15) is 0 Å². The first-order valence-corrected chi connectivity index (χ1v) is 5.58. The summed E-state index contributed by atoms with van der Waals surface area (Å²) in [5, 5.41) is 3.18. The highest BCUT2D eigenvalue weighted by Gasteiger charge is 2.18. The van der Waals surface area contributed by atoms with Crippen molar-refractivity contribution in [3.05, 3.63) is 35.4 Å². The van der Waals surface area contributed by atoms with Crippen LogP contribution in [-0.4, -0.2) is 42.9 Å². The van der Waals surface area contributed by atoms with Crippen LogP contribution >= 0.6 is 0 Å². The lowest BCUT2D eigenvalue weighted by Crippen LogP contribution is -2.46. The van der Waals surface area contributed by atoms with E-state index < -0.39 is 5.91 Å². The molecule has 5 heteroatoms. The molecule has 0 atom stereocenters. The van der Waals surface area contributed by atoms with Gasteiger partial charge >= 0.3 is 0 Å². The largest absolute Gasteiger partial charge is 0.366 e. The van der Waals surface area contributed by atoms with Crippen LogP contribution in [0.5, 0.6) is 0 Å². The molecule has 2 amide bonds. The Labute approximate surface area is 99.6 Å². The van der Waals surface area contributed by atoms with Crippen molar-refractivity contribution in [3.63, 3.8) is 0 Å². The van der Waals surface area contributed by atoms with Crippen LogP contribution in [0.3, 0.4) is 0 Å². The lowest BCUT2D eigenvalue weighted by molar-refractivity contribution is 0.0736. The zero-order valence-corrected chi connectivity index (χ0v) is 9.48. The molecule has 0 spiro atoms. The Balaban J connectivity index is 2.18. The Bertz CT molecular complexity index is 439. The molecule has 5 nitrogen and oxygen atoms in total. The number of nitrogens with two attached hydrogens (primary N) is 1. The van der Waals surface area contributed by atoms with E-state index >= 15 is 0 Å². The monoisotopic (exact) mass is 233 g/mol. The van der Waals surface area contributed by atoms with Crippen LogP contribution < -0.4 is 11.1 Å². The Hall–Kier alpha value is -1.88. The van der Waals surface area contributed by atoms with Crippen molar-refractivity contribution in [2.24, 2.45) is 5.73 Å². The zero-order chi connectivity index (χ0) is 12.3. The number of hydrogen-bond acceptors (Lipinski definition) is 3. The Morgan fingerprint density at radius 1 is 1.18 bits per heavy atom. The quantitative estimate of drug-likeness (QED) is 0.744. The first kappa shape index (κ1) is 11.6. The number of carbonyl (C=O) groups excluding carboxylic acids is 2. The maximum absolute atomic E-state index is 12.1. The summed E-state index contributed by atoms with van der Waals surface area (Å²) in [5.74, 6) is -0.561. The molecule has 1 aromatic rings. The van der Waals surface area contributed by atoms with Crippen LogP contribution in [0.1, 0.15) is 20.7 Å². The van der Waals surface area contributed by atoms with Crippen molar-refractivity contribution in [1.29, 1.82) is 0 Å². The molecule has 1 aromatic carbocycles. The number of rotatable bonds is 2. The van der Waals surface area contributed by atoms with Crippen LogP contribution in [0.4, 0.5) is 0 Å². The van der Waals surface area contributed by atoms with Crippen molar-refractivity contribution in [2.75, 3.05) is 26.2 Å². The summed E-state index contributed by atoms with van der Waals surface area (Å²) in [6.07, 6.45) is 0. The van der Waals surface area contributed by atoms with Crippen LogP contribution in [0, 0.1) is 0 Å². The maximum Gasteiger partial charge on any atom is 0.253 e. The summed E-state index contributed by atoms with van der Waals surface area (Å²) in [5.41, 5.74) is 6.07. The molecule has 0 aliphatic carbocycles. The van der Waals surface area contributed by atoms with Crippen molar-refractivity contribution in [3.8, 4) is 0 Å². The van der Waals surface area contributed by atoms with Gasteiger partial charge in [0.2, 0.25) is 5.91 Å². The molecule has 0 saturated carbocycles. The normalized spacial score (nSPS) is 15.6. The predicted octanol–water partition coefficient (Wildman–Crippen LogP) is -0.169. The molecular weight excluding hydrogens is 218 g/mol. The molecule has 0 bridgehead atoms. The summed E-state index contributed by atoms with van der Waals surface area (Å²) < 4.78 is 0. The molecule has 90 valence electrons. The van der Waals surface area contributed by atoms with Crippen molar-refractivity contribution < 1.29 is 9.59 Å². The Morgan fingerprint density at radius 3 is 2.47 bits per heavy atom. The fraction of sp³-hybridized carbons (Fsp3) is 0.333. The van der Waals surface area contributed by atoms with Gasteiger partial charge in [0, 0.05) is 37.3 Å². The second kappa shape index (κ2) is 4.97. The molecule has 2 rings (SSSR count). The van der Waals surface area contributed by atoms with E-state index in [2.05, 4.69) is 5.32 Å². The van der Waals surface area contributed by atoms with Gasteiger partial charge in [-0.3, -0.25) is 9.59 Å². The standard InChI is InChI=1S/C12H15N3O2/c13-11(16)9-2-1-3-10(8-9)12(17)15-6-4-14-5-7-15/h1-3,8,14H,4-7H2,(H2,13,16). The Morgan fingerprint density at radius 2 is 1.82 bits per heavy atom. The molecule has 1 heterocycles. The second-order valence-corrected chi connectivity index (χ2v) is 3.99. The topological polar surface area (TPSA) is 75.4 Å². The number of benzene rings is 1. The third-order valence-electron chi connectivity index (χ3n) is 2.80. The zero-order valence-electron chi connectivity index (χ0n) is 9.48. The van der Waals surface area contributed by atoms with E-state index in [1.54, 1.807) is 29.2 Å².